The molecule has 0 amide bonds. The predicted octanol–water partition coefficient (Wildman–Crippen LogP) is 5.70. The van der Waals surface area contributed by atoms with Crippen LogP contribution in [0.5, 0.6) is 5.75 Å². The smallest absolute Gasteiger partial charge is 0.338 e. The van der Waals surface area contributed by atoms with Crippen LogP contribution < -0.4 is 4.74 Å². The Labute approximate surface area is 189 Å². The molecular weight excluding hydrogens is 402 g/mol. The topological polar surface area (TPSA) is 65.5 Å². The van der Waals surface area contributed by atoms with Gasteiger partial charge < -0.3 is 9.47 Å². The fourth-order valence-corrected chi connectivity index (χ4v) is 3.76. The molecule has 32 heavy (non-hydrogen) atoms. The number of aryl methyl sites for hydroxylation is 1. The van der Waals surface area contributed by atoms with Crippen LogP contribution in [0, 0.1) is 6.92 Å². The molecule has 2 aromatic carbocycles. The van der Waals surface area contributed by atoms with Crippen molar-refractivity contribution in [3.8, 4) is 16.9 Å². The maximum atomic E-state index is 12.1. The standard InChI is InChI=1S/C27H29NO4/c1-5-6-11-25-24(18(2)26(17-28-25)32-19(3)29)16-20-12-14-21(15-13-20)22-9-7-8-10-23(22)27(30)31-4/h7-10,12-15,17H,5-6,11,16H2,1-4H3. The molecule has 0 saturated heterocycles. The van der Waals surface area contributed by atoms with E-state index in [1.54, 1.807) is 12.3 Å². The first-order valence-corrected chi connectivity index (χ1v) is 10.9. The molecule has 0 radical (unpaired) electrons. The third-order valence-electron chi connectivity index (χ3n) is 5.51. The van der Waals surface area contributed by atoms with Crippen LogP contribution in [0.25, 0.3) is 11.1 Å². The highest BCUT2D eigenvalue weighted by molar-refractivity contribution is 5.97. The summed E-state index contributed by atoms with van der Waals surface area (Å²) < 4.78 is 10.3. The number of methoxy groups -OCH3 is 1. The normalized spacial score (nSPS) is 10.6. The van der Waals surface area contributed by atoms with Crippen LogP contribution in [-0.4, -0.2) is 24.0 Å². The first kappa shape index (κ1) is 23.2. The highest BCUT2D eigenvalue weighted by Gasteiger charge is 2.16. The van der Waals surface area contributed by atoms with Gasteiger partial charge in [0.05, 0.1) is 18.9 Å². The Morgan fingerprint density at radius 2 is 1.75 bits per heavy atom. The minimum atomic E-state index is -0.353. The molecule has 0 saturated carbocycles. The Bertz CT molecular complexity index is 1100. The summed E-state index contributed by atoms with van der Waals surface area (Å²) >= 11 is 0. The van der Waals surface area contributed by atoms with E-state index in [-0.39, 0.29) is 11.9 Å². The number of esters is 2. The lowest BCUT2D eigenvalue weighted by atomic mass is 9.94. The summed E-state index contributed by atoms with van der Waals surface area (Å²) in [5.41, 5.74) is 6.53. The predicted molar refractivity (Wildman–Crippen MR) is 125 cm³/mol. The fourth-order valence-electron chi connectivity index (χ4n) is 3.76. The summed E-state index contributed by atoms with van der Waals surface area (Å²) in [6, 6.07) is 15.6. The molecule has 5 nitrogen and oxygen atoms in total. The molecule has 0 aliphatic rings. The van der Waals surface area contributed by atoms with Crippen molar-refractivity contribution < 1.29 is 19.1 Å². The minimum absolute atomic E-state index is 0.351. The second-order valence-corrected chi connectivity index (χ2v) is 7.78. The van der Waals surface area contributed by atoms with Crippen LogP contribution >= 0.6 is 0 Å². The third kappa shape index (κ3) is 5.41. The zero-order chi connectivity index (χ0) is 23.1. The second kappa shape index (κ2) is 10.7. The number of carbonyl (C=O) groups is 2. The lowest BCUT2D eigenvalue weighted by Gasteiger charge is -2.15. The van der Waals surface area contributed by atoms with E-state index in [0.29, 0.717) is 17.7 Å². The maximum Gasteiger partial charge on any atom is 0.338 e. The monoisotopic (exact) mass is 431 g/mol. The molecule has 1 aromatic heterocycles. The van der Waals surface area contributed by atoms with Crippen molar-refractivity contribution >= 4 is 11.9 Å². The van der Waals surface area contributed by atoms with E-state index in [1.807, 2.05) is 37.3 Å². The zero-order valence-electron chi connectivity index (χ0n) is 19.1. The molecule has 0 fully saturated rings. The van der Waals surface area contributed by atoms with Gasteiger partial charge in [0, 0.05) is 12.6 Å². The molecule has 0 aliphatic heterocycles. The van der Waals surface area contributed by atoms with Crippen LogP contribution in [-0.2, 0) is 22.4 Å². The van der Waals surface area contributed by atoms with Crippen molar-refractivity contribution in [2.24, 2.45) is 0 Å². The summed E-state index contributed by atoms with van der Waals surface area (Å²) in [4.78, 5) is 28.2. The maximum absolute atomic E-state index is 12.1. The molecule has 0 unspecified atom stereocenters. The molecular formula is C27H29NO4. The van der Waals surface area contributed by atoms with Crippen LogP contribution in [0.15, 0.2) is 54.7 Å². The zero-order valence-corrected chi connectivity index (χ0v) is 19.1. The number of pyridine rings is 1. The molecule has 5 heteroatoms. The van der Waals surface area contributed by atoms with Gasteiger partial charge in [0.2, 0.25) is 0 Å². The largest absolute Gasteiger partial charge is 0.465 e. The van der Waals surface area contributed by atoms with Crippen molar-refractivity contribution in [3.05, 3.63) is 82.7 Å². The van der Waals surface area contributed by atoms with Crippen molar-refractivity contribution in [2.75, 3.05) is 7.11 Å². The van der Waals surface area contributed by atoms with E-state index >= 15 is 0 Å². The van der Waals surface area contributed by atoms with E-state index in [1.165, 1.54) is 14.0 Å². The quantitative estimate of drug-likeness (QED) is 0.428. The third-order valence-corrected chi connectivity index (χ3v) is 5.51. The number of nitrogens with zero attached hydrogens (tertiary/aromatic N) is 1. The Balaban J connectivity index is 1.93. The average Bonchev–Trinajstić information content (AvgIpc) is 2.80. The molecule has 3 aromatic rings. The summed E-state index contributed by atoms with van der Waals surface area (Å²) in [7, 11) is 1.39. The molecule has 0 spiro atoms. The Morgan fingerprint density at radius 1 is 1.03 bits per heavy atom. The number of hydrogen-bond donors (Lipinski definition) is 0. The molecule has 3 rings (SSSR count). The van der Waals surface area contributed by atoms with Crippen molar-refractivity contribution in [2.45, 2.75) is 46.5 Å². The Morgan fingerprint density at radius 3 is 2.41 bits per heavy atom. The molecule has 0 N–H and O–H groups in total. The van der Waals surface area contributed by atoms with Gasteiger partial charge in [-0.15, -0.1) is 0 Å². The summed E-state index contributed by atoms with van der Waals surface area (Å²) in [5.74, 6) is -0.193. The lowest BCUT2D eigenvalue weighted by Crippen LogP contribution is -2.08. The molecule has 1 heterocycles. The summed E-state index contributed by atoms with van der Waals surface area (Å²) in [5, 5.41) is 0. The SMILES string of the molecule is CCCCc1ncc(OC(C)=O)c(C)c1Cc1ccc(-c2ccccc2C(=O)OC)cc1. The number of rotatable bonds is 8. The average molecular weight is 432 g/mol. The molecule has 0 aliphatic carbocycles. The first-order valence-electron chi connectivity index (χ1n) is 10.9. The van der Waals surface area contributed by atoms with Crippen molar-refractivity contribution in [3.63, 3.8) is 0 Å². The van der Waals surface area contributed by atoms with Crippen LogP contribution in [0.3, 0.4) is 0 Å². The minimum Gasteiger partial charge on any atom is -0.465 e. The molecule has 0 bridgehead atoms. The number of ether oxygens (including phenoxy) is 2. The molecule has 0 atom stereocenters. The lowest BCUT2D eigenvalue weighted by molar-refractivity contribution is -0.131. The van der Waals surface area contributed by atoms with Gasteiger partial charge in [-0.2, -0.15) is 0 Å². The number of carbonyl (C=O) groups excluding carboxylic acids is 2. The Hall–Kier alpha value is -3.47. The highest BCUT2D eigenvalue weighted by Crippen LogP contribution is 2.29. The van der Waals surface area contributed by atoms with Crippen molar-refractivity contribution in [1.29, 1.82) is 0 Å². The van der Waals surface area contributed by atoms with Gasteiger partial charge in [-0.25, -0.2) is 4.79 Å². The number of benzene rings is 2. The highest BCUT2D eigenvalue weighted by atomic mass is 16.5. The second-order valence-electron chi connectivity index (χ2n) is 7.78. The van der Waals surface area contributed by atoms with Crippen LogP contribution in [0.4, 0.5) is 0 Å². The van der Waals surface area contributed by atoms with Gasteiger partial charge in [-0.05, 0) is 60.1 Å². The number of unbranched alkanes of at least 4 members (excludes halogenated alkanes) is 1. The van der Waals surface area contributed by atoms with E-state index in [2.05, 4.69) is 24.0 Å². The van der Waals surface area contributed by atoms with Crippen LogP contribution in [0.1, 0.15) is 59.4 Å². The van der Waals surface area contributed by atoms with E-state index in [4.69, 9.17) is 9.47 Å². The number of aromatic nitrogens is 1. The van der Waals surface area contributed by atoms with Crippen molar-refractivity contribution in [1.82, 2.24) is 4.98 Å². The summed E-state index contributed by atoms with van der Waals surface area (Å²) in [6.45, 7) is 5.53. The Kier molecular flexibility index (Phi) is 7.77. The van der Waals surface area contributed by atoms with Gasteiger partial charge in [-0.3, -0.25) is 9.78 Å². The molecule has 166 valence electrons. The number of hydrogen-bond acceptors (Lipinski definition) is 5. The van der Waals surface area contributed by atoms with E-state index in [9.17, 15) is 9.59 Å². The summed E-state index contributed by atoms with van der Waals surface area (Å²) in [6.07, 6.45) is 5.36. The van der Waals surface area contributed by atoms with Crippen LogP contribution in [0.2, 0.25) is 0 Å². The fraction of sp³-hybridized carbons (Fsp3) is 0.296. The van der Waals surface area contributed by atoms with E-state index in [0.717, 1.165) is 52.8 Å². The van der Waals surface area contributed by atoms with Gasteiger partial charge in [0.1, 0.15) is 0 Å². The van der Waals surface area contributed by atoms with Gasteiger partial charge in [-0.1, -0.05) is 55.8 Å². The van der Waals surface area contributed by atoms with Gasteiger partial charge >= 0.3 is 11.9 Å². The van der Waals surface area contributed by atoms with E-state index < -0.39 is 0 Å². The first-order chi connectivity index (χ1) is 15.4. The van der Waals surface area contributed by atoms with Gasteiger partial charge in [0.25, 0.3) is 0 Å². The van der Waals surface area contributed by atoms with Gasteiger partial charge in [0.15, 0.2) is 5.75 Å².